The van der Waals surface area contributed by atoms with Crippen molar-refractivity contribution in [3.8, 4) is 0 Å². The second kappa shape index (κ2) is 3.86. The van der Waals surface area contributed by atoms with Crippen molar-refractivity contribution in [2.75, 3.05) is 5.32 Å². The Morgan fingerprint density at radius 1 is 1.56 bits per heavy atom. The van der Waals surface area contributed by atoms with E-state index in [-0.39, 0.29) is 6.04 Å². The Balaban J connectivity index is 2.50. The third-order valence-electron chi connectivity index (χ3n) is 2.46. The fraction of sp³-hybridized carbons (Fsp3) is 0.182. The van der Waals surface area contributed by atoms with Crippen LogP contribution in [0.2, 0.25) is 0 Å². The van der Waals surface area contributed by atoms with E-state index in [1.165, 1.54) is 0 Å². The summed E-state index contributed by atoms with van der Waals surface area (Å²) in [4.78, 5) is 13.6. The van der Waals surface area contributed by atoms with Gasteiger partial charge in [0.2, 0.25) is 0 Å². The van der Waals surface area contributed by atoms with Crippen LogP contribution >= 0.6 is 0 Å². The van der Waals surface area contributed by atoms with Gasteiger partial charge in [-0.05, 0) is 30.7 Å². The minimum Gasteiger partial charge on any atom is -0.465 e. The quantitative estimate of drug-likeness (QED) is 0.624. The lowest BCUT2D eigenvalue weighted by molar-refractivity contribution is 0.210. The summed E-state index contributed by atoms with van der Waals surface area (Å²) in [7, 11) is 0. The molecule has 1 aromatic heterocycles. The first kappa shape index (κ1) is 10.5. The number of rotatable bonds is 2. The van der Waals surface area contributed by atoms with Crippen LogP contribution in [0.4, 0.5) is 10.5 Å². The number of carboxylic acid groups (broad SMARTS) is 1. The molecule has 16 heavy (non-hydrogen) atoms. The molecule has 1 atom stereocenters. The second-order valence-electron chi connectivity index (χ2n) is 3.72. The molecule has 1 aromatic carbocycles. The molecule has 5 heteroatoms. The van der Waals surface area contributed by atoms with Gasteiger partial charge in [0, 0.05) is 28.8 Å². The molecule has 0 aliphatic heterocycles. The van der Waals surface area contributed by atoms with Crippen LogP contribution in [0.25, 0.3) is 10.9 Å². The van der Waals surface area contributed by atoms with Crippen LogP contribution < -0.4 is 11.1 Å². The number of benzene rings is 1. The topological polar surface area (TPSA) is 91.1 Å². The van der Waals surface area contributed by atoms with Gasteiger partial charge < -0.3 is 15.8 Å². The van der Waals surface area contributed by atoms with E-state index >= 15 is 0 Å². The van der Waals surface area contributed by atoms with Crippen molar-refractivity contribution in [1.29, 1.82) is 0 Å². The number of hydrogen-bond acceptors (Lipinski definition) is 2. The van der Waals surface area contributed by atoms with Gasteiger partial charge in [0.25, 0.3) is 0 Å². The third kappa shape index (κ3) is 1.85. The van der Waals surface area contributed by atoms with Gasteiger partial charge in [-0.2, -0.15) is 0 Å². The molecule has 1 unspecified atom stereocenters. The van der Waals surface area contributed by atoms with Gasteiger partial charge in [-0.15, -0.1) is 0 Å². The van der Waals surface area contributed by atoms with E-state index in [0.717, 1.165) is 16.5 Å². The second-order valence-corrected chi connectivity index (χ2v) is 3.72. The van der Waals surface area contributed by atoms with Gasteiger partial charge in [0.15, 0.2) is 0 Å². The number of aromatic nitrogens is 1. The van der Waals surface area contributed by atoms with Crippen LogP contribution in [0.15, 0.2) is 24.4 Å². The molecular weight excluding hydrogens is 206 g/mol. The number of anilines is 1. The lowest BCUT2D eigenvalue weighted by atomic mass is 10.1. The highest BCUT2D eigenvalue weighted by molar-refractivity contribution is 5.91. The summed E-state index contributed by atoms with van der Waals surface area (Å²) in [5, 5.41) is 11.9. The Labute approximate surface area is 92.3 Å². The summed E-state index contributed by atoms with van der Waals surface area (Å²) in [6.07, 6.45) is 0.775. The van der Waals surface area contributed by atoms with E-state index in [2.05, 4.69) is 10.3 Å². The zero-order valence-corrected chi connectivity index (χ0v) is 8.82. The van der Waals surface area contributed by atoms with Crippen LogP contribution in [0.5, 0.6) is 0 Å². The summed E-state index contributed by atoms with van der Waals surface area (Å²) in [5.41, 5.74) is 8.29. The minimum absolute atomic E-state index is 0.0890. The third-order valence-corrected chi connectivity index (χ3v) is 2.46. The maximum atomic E-state index is 10.5. The molecule has 0 fully saturated rings. The number of nitrogens with two attached hydrogens (primary N) is 1. The summed E-state index contributed by atoms with van der Waals surface area (Å²) in [6, 6.07) is 5.22. The molecule has 0 saturated carbocycles. The molecule has 0 saturated heterocycles. The van der Waals surface area contributed by atoms with Crippen LogP contribution in [-0.2, 0) is 0 Å². The standard InChI is InChI=1S/C11H13N3O2/c1-6(12)9-5-13-10-3-2-7(4-8(9)10)14-11(15)16/h2-6,13-14H,12H2,1H3,(H,15,16). The van der Waals surface area contributed by atoms with E-state index in [9.17, 15) is 4.79 Å². The Bertz CT molecular complexity index is 531. The average Bonchev–Trinajstić information content (AvgIpc) is 2.59. The van der Waals surface area contributed by atoms with Crippen molar-refractivity contribution >= 4 is 22.7 Å². The first-order valence-electron chi connectivity index (χ1n) is 4.94. The van der Waals surface area contributed by atoms with E-state index in [1.54, 1.807) is 12.1 Å². The predicted octanol–water partition coefficient (Wildman–Crippen LogP) is 2.28. The molecule has 0 spiro atoms. The largest absolute Gasteiger partial charge is 0.465 e. The maximum absolute atomic E-state index is 10.5. The lowest BCUT2D eigenvalue weighted by Gasteiger charge is -2.04. The molecule has 0 radical (unpaired) electrons. The Hall–Kier alpha value is -2.01. The van der Waals surface area contributed by atoms with Crippen molar-refractivity contribution in [3.63, 3.8) is 0 Å². The number of hydrogen-bond donors (Lipinski definition) is 4. The van der Waals surface area contributed by atoms with E-state index in [1.807, 2.05) is 19.2 Å². The number of H-pyrrole nitrogens is 1. The van der Waals surface area contributed by atoms with Crippen molar-refractivity contribution in [2.24, 2.45) is 5.73 Å². The lowest BCUT2D eigenvalue weighted by Crippen LogP contribution is -2.07. The molecule has 5 nitrogen and oxygen atoms in total. The Morgan fingerprint density at radius 3 is 2.94 bits per heavy atom. The molecule has 2 aromatic rings. The molecule has 1 heterocycles. The van der Waals surface area contributed by atoms with E-state index < -0.39 is 6.09 Å². The van der Waals surface area contributed by atoms with Crippen molar-refractivity contribution < 1.29 is 9.90 Å². The maximum Gasteiger partial charge on any atom is 0.409 e. The van der Waals surface area contributed by atoms with E-state index in [4.69, 9.17) is 10.8 Å². The summed E-state index contributed by atoms with van der Waals surface area (Å²) >= 11 is 0. The van der Waals surface area contributed by atoms with Gasteiger partial charge in [0.1, 0.15) is 0 Å². The highest BCUT2D eigenvalue weighted by Gasteiger charge is 2.08. The monoisotopic (exact) mass is 219 g/mol. The molecular formula is C11H13N3O2. The zero-order chi connectivity index (χ0) is 11.7. The fourth-order valence-electron chi connectivity index (χ4n) is 1.72. The average molecular weight is 219 g/mol. The number of carbonyl (C=O) groups is 1. The summed E-state index contributed by atoms with van der Waals surface area (Å²) < 4.78 is 0. The van der Waals surface area contributed by atoms with Crippen LogP contribution in [-0.4, -0.2) is 16.2 Å². The van der Waals surface area contributed by atoms with Crippen LogP contribution in [0, 0.1) is 0 Å². The number of aromatic amines is 1. The van der Waals surface area contributed by atoms with Crippen LogP contribution in [0.3, 0.4) is 0 Å². The summed E-state index contributed by atoms with van der Waals surface area (Å²) in [6.45, 7) is 1.89. The van der Waals surface area contributed by atoms with Gasteiger partial charge in [0.05, 0.1) is 0 Å². The molecule has 5 N–H and O–H groups in total. The van der Waals surface area contributed by atoms with Gasteiger partial charge in [-0.25, -0.2) is 4.79 Å². The van der Waals surface area contributed by atoms with Crippen LogP contribution in [0.1, 0.15) is 18.5 Å². The normalized spacial score (nSPS) is 12.6. The van der Waals surface area contributed by atoms with Crippen molar-refractivity contribution in [1.82, 2.24) is 4.98 Å². The van der Waals surface area contributed by atoms with Gasteiger partial charge in [-0.1, -0.05) is 0 Å². The highest BCUT2D eigenvalue weighted by Crippen LogP contribution is 2.25. The zero-order valence-electron chi connectivity index (χ0n) is 8.82. The van der Waals surface area contributed by atoms with E-state index in [0.29, 0.717) is 5.69 Å². The smallest absolute Gasteiger partial charge is 0.409 e. The molecule has 0 bridgehead atoms. The summed E-state index contributed by atoms with van der Waals surface area (Å²) in [5.74, 6) is 0. The molecule has 0 aliphatic carbocycles. The highest BCUT2D eigenvalue weighted by atomic mass is 16.4. The van der Waals surface area contributed by atoms with Gasteiger partial charge >= 0.3 is 6.09 Å². The van der Waals surface area contributed by atoms with Crippen molar-refractivity contribution in [2.45, 2.75) is 13.0 Å². The van der Waals surface area contributed by atoms with Crippen molar-refractivity contribution in [3.05, 3.63) is 30.0 Å². The SMILES string of the molecule is CC(N)c1c[nH]c2ccc(NC(=O)O)cc12. The fourth-order valence-corrected chi connectivity index (χ4v) is 1.72. The molecule has 2 rings (SSSR count). The Morgan fingerprint density at radius 2 is 2.31 bits per heavy atom. The molecule has 1 amide bonds. The predicted molar refractivity (Wildman–Crippen MR) is 62.5 cm³/mol. The Kier molecular flexibility index (Phi) is 2.54. The molecule has 84 valence electrons. The first-order valence-corrected chi connectivity index (χ1v) is 4.94. The van der Waals surface area contributed by atoms with Gasteiger partial charge in [-0.3, -0.25) is 5.32 Å². The molecule has 0 aliphatic rings. The minimum atomic E-state index is -1.07. The number of fused-ring (bicyclic) bond motifs is 1. The number of nitrogens with one attached hydrogen (secondary N) is 2. The first-order chi connectivity index (χ1) is 7.58. The number of amides is 1.